The number of hydrogen-bond donors (Lipinski definition) is 0. The lowest BCUT2D eigenvalue weighted by Crippen LogP contribution is -2.28. The molecule has 0 aromatic carbocycles. The minimum Gasteiger partial charge on any atom is -0.465 e. The maximum Gasteiger partial charge on any atom is 0.311 e. The fourth-order valence-electron chi connectivity index (χ4n) is 4.40. The van der Waals surface area contributed by atoms with Crippen molar-refractivity contribution in [2.75, 3.05) is 53.4 Å². The largest absolute Gasteiger partial charge is 0.465 e. The lowest BCUT2D eigenvalue weighted by molar-refractivity contribution is -0.157. The van der Waals surface area contributed by atoms with Gasteiger partial charge in [0.25, 0.3) is 0 Å². The zero-order chi connectivity index (χ0) is 51.3. The number of rotatable bonds is 26. The van der Waals surface area contributed by atoms with Crippen LogP contribution in [0.2, 0.25) is 0 Å². The fraction of sp³-hybridized carbons (Fsp3) is 0.868. The number of carbonyl (C=O) groups excluding carboxylic acids is 5. The van der Waals surface area contributed by atoms with E-state index in [0.717, 1.165) is 70.8 Å². The molecule has 0 aromatic rings. The molecule has 1 heterocycles. The second-order valence-electron chi connectivity index (χ2n) is 19.9. The number of hydrogen-bond acceptors (Lipinski definition) is 12. The highest BCUT2D eigenvalue weighted by molar-refractivity contribution is 5.77. The van der Waals surface area contributed by atoms with Crippen LogP contribution in [-0.2, 0) is 57.1 Å². The van der Waals surface area contributed by atoms with Gasteiger partial charge in [0.15, 0.2) is 0 Å². The molecule has 1 saturated heterocycles. The van der Waals surface area contributed by atoms with Crippen molar-refractivity contribution < 1.29 is 57.1 Å². The summed E-state index contributed by atoms with van der Waals surface area (Å²) >= 11 is 0. The second-order valence-corrected chi connectivity index (χ2v) is 19.9. The van der Waals surface area contributed by atoms with E-state index < -0.39 is 0 Å². The summed E-state index contributed by atoms with van der Waals surface area (Å²) in [4.78, 5) is 57.2. The lowest BCUT2D eigenvalue weighted by atomic mass is 9.90. The van der Waals surface area contributed by atoms with Gasteiger partial charge in [0.1, 0.15) is 19.8 Å². The van der Waals surface area contributed by atoms with Crippen molar-refractivity contribution in [1.29, 1.82) is 0 Å². The van der Waals surface area contributed by atoms with Gasteiger partial charge in [-0.1, -0.05) is 93.7 Å². The zero-order valence-corrected chi connectivity index (χ0v) is 45.5. The van der Waals surface area contributed by atoms with E-state index in [-0.39, 0.29) is 63.0 Å². The first-order chi connectivity index (χ1) is 30.2. The van der Waals surface area contributed by atoms with Gasteiger partial charge >= 0.3 is 29.8 Å². The summed E-state index contributed by atoms with van der Waals surface area (Å²) in [5, 5.41) is 0. The summed E-state index contributed by atoms with van der Waals surface area (Å²) in [7, 11) is 1.58. The van der Waals surface area contributed by atoms with E-state index in [9.17, 15) is 24.0 Å². The van der Waals surface area contributed by atoms with Gasteiger partial charge < -0.3 is 33.2 Å². The summed E-state index contributed by atoms with van der Waals surface area (Å²) < 4.78 is 35.7. The molecule has 0 aromatic heterocycles. The van der Waals surface area contributed by atoms with Crippen molar-refractivity contribution >= 4 is 29.8 Å². The van der Waals surface area contributed by atoms with Gasteiger partial charge in [-0.3, -0.25) is 24.0 Å². The van der Waals surface area contributed by atoms with Gasteiger partial charge in [-0.15, -0.1) is 0 Å². The van der Waals surface area contributed by atoms with Crippen LogP contribution >= 0.6 is 0 Å². The Bertz CT molecular complexity index is 1230. The highest BCUT2D eigenvalue weighted by atomic mass is 16.6. The van der Waals surface area contributed by atoms with Gasteiger partial charge in [-0.25, -0.2) is 0 Å². The Kier molecular flexibility index (Phi) is 40.1. The monoisotopic (exact) mass is 931 g/mol. The van der Waals surface area contributed by atoms with Crippen LogP contribution in [0.25, 0.3) is 0 Å². The number of esters is 5. The SMILES string of the molecule is C=CCOC(=O)C(C)(C)CC.CCC(C)(C)C(=O)OCC1CCCO1.CCC(C)(C)C(=O)OCCOC.CCCCC(CC)COC(=O)C(C)(C)CC.CCCCOC(=O)C(C)(C)CC. The molecule has 65 heavy (non-hydrogen) atoms. The number of carbonyl (C=O) groups is 5. The molecule has 0 saturated carbocycles. The normalized spacial score (nSPS) is 14.2. The van der Waals surface area contributed by atoms with Crippen molar-refractivity contribution in [3.63, 3.8) is 0 Å². The average Bonchev–Trinajstić information content (AvgIpc) is 3.82. The molecule has 0 spiro atoms. The molecule has 386 valence electrons. The third-order valence-corrected chi connectivity index (χ3v) is 12.2. The lowest BCUT2D eigenvalue weighted by Gasteiger charge is -2.22. The van der Waals surface area contributed by atoms with Gasteiger partial charge in [0, 0.05) is 13.7 Å². The van der Waals surface area contributed by atoms with E-state index >= 15 is 0 Å². The number of methoxy groups -OCH3 is 1. The van der Waals surface area contributed by atoms with Crippen LogP contribution in [0.5, 0.6) is 0 Å². The van der Waals surface area contributed by atoms with Crippen LogP contribution in [0.15, 0.2) is 12.7 Å². The molecular formula is C53H102O12. The molecular weight excluding hydrogens is 829 g/mol. The summed E-state index contributed by atoms with van der Waals surface area (Å²) in [6.07, 6.45) is 14.6. The Labute approximate surface area is 399 Å². The highest BCUT2D eigenvalue weighted by Crippen LogP contribution is 2.25. The topological polar surface area (TPSA) is 150 Å². The van der Waals surface area contributed by atoms with Crippen LogP contribution in [0.1, 0.15) is 208 Å². The van der Waals surface area contributed by atoms with Crippen molar-refractivity contribution in [2.24, 2.45) is 33.0 Å². The maximum absolute atomic E-state index is 11.8. The first-order valence-corrected chi connectivity index (χ1v) is 24.7. The first kappa shape index (κ1) is 68.6. The second kappa shape index (κ2) is 38.0. The zero-order valence-electron chi connectivity index (χ0n) is 45.5. The summed E-state index contributed by atoms with van der Waals surface area (Å²) in [6, 6.07) is 0. The summed E-state index contributed by atoms with van der Waals surface area (Å²) in [5.41, 5.74) is -1.73. The molecule has 1 rings (SSSR count). The minimum atomic E-state index is -0.367. The van der Waals surface area contributed by atoms with E-state index in [4.69, 9.17) is 33.2 Å². The Morgan fingerprint density at radius 1 is 0.569 bits per heavy atom. The fourth-order valence-corrected chi connectivity index (χ4v) is 4.40. The van der Waals surface area contributed by atoms with E-state index in [1.165, 1.54) is 19.3 Å². The third kappa shape index (κ3) is 34.0. The summed E-state index contributed by atoms with van der Waals surface area (Å²) in [6.45, 7) is 42.4. The predicted octanol–water partition coefficient (Wildman–Crippen LogP) is 12.9. The quantitative estimate of drug-likeness (QED) is 0.0351. The van der Waals surface area contributed by atoms with Crippen LogP contribution in [-0.4, -0.2) is 89.3 Å². The van der Waals surface area contributed by atoms with Gasteiger partial charge in [-0.2, -0.15) is 0 Å². The highest BCUT2D eigenvalue weighted by Gasteiger charge is 2.30. The molecule has 1 aliphatic heterocycles. The van der Waals surface area contributed by atoms with Gasteiger partial charge in [-0.05, 0) is 133 Å². The first-order valence-electron chi connectivity index (χ1n) is 24.7. The van der Waals surface area contributed by atoms with E-state index in [2.05, 4.69) is 27.4 Å². The van der Waals surface area contributed by atoms with Crippen LogP contribution in [0.3, 0.4) is 0 Å². The van der Waals surface area contributed by atoms with Crippen LogP contribution < -0.4 is 0 Å². The number of unbranched alkanes of at least 4 members (excludes halogenated alkanes) is 2. The smallest absolute Gasteiger partial charge is 0.311 e. The van der Waals surface area contributed by atoms with Crippen molar-refractivity contribution in [1.82, 2.24) is 0 Å². The Balaban J connectivity index is -0.000000360. The van der Waals surface area contributed by atoms with Crippen molar-refractivity contribution in [2.45, 2.75) is 214 Å². The molecule has 12 heteroatoms. The van der Waals surface area contributed by atoms with Gasteiger partial charge in [0.2, 0.25) is 0 Å². The van der Waals surface area contributed by atoms with Crippen LogP contribution in [0, 0.1) is 33.0 Å². The van der Waals surface area contributed by atoms with Crippen molar-refractivity contribution in [3.05, 3.63) is 12.7 Å². The molecule has 0 aliphatic carbocycles. The van der Waals surface area contributed by atoms with E-state index in [0.29, 0.717) is 45.6 Å². The molecule has 0 bridgehead atoms. The molecule has 0 radical (unpaired) electrons. The summed E-state index contributed by atoms with van der Waals surface area (Å²) in [5.74, 6) is -0.00240. The molecule has 1 fully saturated rings. The van der Waals surface area contributed by atoms with Crippen LogP contribution in [0.4, 0.5) is 0 Å². The molecule has 2 atom stereocenters. The Morgan fingerprint density at radius 3 is 1.32 bits per heavy atom. The minimum absolute atomic E-state index is 0.0510. The van der Waals surface area contributed by atoms with Gasteiger partial charge in [0.05, 0.1) is 53.0 Å². The Hall–Kier alpha value is -2.99. The predicted molar refractivity (Wildman–Crippen MR) is 264 cm³/mol. The molecule has 2 unspecified atom stereocenters. The molecule has 0 amide bonds. The maximum atomic E-state index is 11.8. The molecule has 0 N–H and O–H groups in total. The number of ether oxygens (including phenoxy) is 7. The average molecular weight is 931 g/mol. The Morgan fingerprint density at radius 2 is 0.969 bits per heavy atom. The molecule has 1 aliphatic rings. The van der Waals surface area contributed by atoms with E-state index in [1.807, 2.05) is 104 Å². The third-order valence-electron chi connectivity index (χ3n) is 12.2. The van der Waals surface area contributed by atoms with E-state index in [1.54, 1.807) is 13.2 Å². The van der Waals surface area contributed by atoms with Crippen molar-refractivity contribution in [3.8, 4) is 0 Å². The standard InChI is InChI=1S/C14H28O2.C11H20O3.C10H20O2.C9H18O3.C9H16O2/c1-6-9-10-12(7-2)11-16-13(15)14(4,5)8-3;1-4-11(2,3)10(12)14-8-9-6-5-7-13-9;1-5-7-8-12-9(11)10(3,4)6-2;1-5-9(2,3)8(10)12-7-6-11-4;1-5-7-11-8(10)9(3,4)6-2/h12H,6-11H2,1-5H3;9H,4-8H2,1-3H3;5-8H2,1-4H3;5-7H2,1-4H3;5H,1,6-7H2,2-4H3. The molecule has 12 nitrogen and oxygen atoms in total.